The summed E-state index contributed by atoms with van der Waals surface area (Å²) in [6, 6.07) is 6.81. The summed E-state index contributed by atoms with van der Waals surface area (Å²) in [6.07, 6.45) is 1.33. The summed E-state index contributed by atoms with van der Waals surface area (Å²) in [5.74, 6) is 1.06. The Morgan fingerprint density at radius 1 is 1.47 bits per heavy atom. The van der Waals surface area contributed by atoms with Gasteiger partial charge in [0.2, 0.25) is 0 Å². The monoisotopic (exact) mass is 233 g/mol. The van der Waals surface area contributed by atoms with Crippen LogP contribution in [0.5, 0.6) is 5.75 Å². The first-order valence-corrected chi connectivity index (χ1v) is 5.43. The summed E-state index contributed by atoms with van der Waals surface area (Å²) < 4.78 is 5.08. The van der Waals surface area contributed by atoms with Crippen molar-refractivity contribution in [2.24, 2.45) is 5.73 Å². The average Bonchev–Trinajstić information content (AvgIpc) is 2.71. The SMILES string of the molecule is COc1ccc(C2CCC(=N)N2C(N)=O)cc1. The molecule has 1 aliphatic rings. The Morgan fingerprint density at radius 2 is 2.12 bits per heavy atom. The van der Waals surface area contributed by atoms with Crippen molar-refractivity contribution in [1.29, 1.82) is 5.41 Å². The number of likely N-dealkylation sites (tertiary alicyclic amines) is 1. The minimum absolute atomic E-state index is 0.120. The fourth-order valence-corrected chi connectivity index (χ4v) is 2.14. The summed E-state index contributed by atoms with van der Waals surface area (Å²) in [5, 5.41) is 7.69. The number of carbonyl (C=O) groups is 1. The molecule has 3 N–H and O–H groups in total. The number of ether oxygens (including phenoxy) is 1. The van der Waals surface area contributed by atoms with Gasteiger partial charge in [0.25, 0.3) is 0 Å². The number of amides is 2. The van der Waals surface area contributed by atoms with Crippen molar-refractivity contribution in [2.75, 3.05) is 7.11 Å². The van der Waals surface area contributed by atoms with Crippen molar-refractivity contribution in [2.45, 2.75) is 18.9 Å². The highest BCUT2D eigenvalue weighted by atomic mass is 16.5. The molecule has 5 heteroatoms. The molecule has 0 saturated carbocycles. The summed E-state index contributed by atoms with van der Waals surface area (Å²) >= 11 is 0. The molecular weight excluding hydrogens is 218 g/mol. The third-order valence-electron chi connectivity index (χ3n) is 3.00. The number of amidine groups is 1. The lowest BCUT2D eigenvalue weighted by Crippen LogP contribution is -2.37. The van der Waals surface area contributed by atoms with Gasteiger partial charge in [0.15, 0.2) is 0 Å². The number of nitrogens with two attached hydrogens (primary N) is 1. The quantitative estimate of drug-likeness (QED) is 0.818. The van der Waals surface area contributed by atoms with Crippen LogP contribution in [0.3, 0.4) is 0 Å². The molecule has 0 aliphatic carbocycles. The number of primary amides is 1. The van der Waals surface area contributed by atoms with Crippen LogP contribution in [0.25, 0.3) is 0 Å². The van der Waals surface area contributed by atoms with Crippen molar-refractivity contribution in [3.8, 4) is 5.75 Å². The Balaban J connectivity index is 2.26. The van der Waals surface area contributed by atoms with E-state index in [1.54, 1.807) is 7.11 Å². The second kappa shape index (κ2) is 4.45. The van der Waals surface area contributed by atoms with Gasteiger partial charge in [0, 0.05) is 6.42 Å². The smallest absolute Gasteiger partial charge is 0.320 e. The van der Waals surface area contributed by atoms with Crippen molar-refractivity contribution < 1.29 is 9.53 Å². The summed E-state index contributed by atoms with van der Waals surface area (Å²) in [5.41, 5.74) is 6.27. The third-order valence-corrected chi connectivity index (χ3v) is 3.00. The number of benzene rings is 1. The van der Waals surface area contributed by atoms with Crippen LogP contribution in [0.4, 0.5) is 4.79 Å². The van der Waals surface area contributed by atoms with E-state index in [-0.39, 0.29) is 6.04 Å². The van der Waals surface area contributed by atoms with E-state index in [1.807, 2.05) is 24.3 Å². The van der Waals surface area contributed by atoms with Crippen LogP contribution in [0.1, 0.15) is 24.4 Å². The van der Waals surface area contributed by atoms with Crippen LogP contribution in [0, 0.1) is 5.41 Å². The number of urea groups is 1. The zero-order valence-corrected chi connectivity index (χ0v) is 9.64. The van der Waals surface area contributed by atoms with Crippen molar-refractivity contribution in [3.63, 3.8) is 0 Å². The van der Waals surface area contributed by atoms with Crippen LogP contribution in [-0.2, 0) is 0 Å². The largest absolute Gasteiger partial charge is 0.497 e. The Labute approximate surface area is 99.7 Å². The van der Waals surface area contributed by atoms with E-state index in [2.05, 4.69) is 0 Å². The van der Waals surface area contributed by atoms with Crippen molar-refractivity contribution in [1.82, 2.24) is 4.90 Å². The van der Waals surface area contributed by atoms with Crippen molar-refractivity contribution >= 4 is 11.9 Å². The van der Waals surface area contributed by atoms with Gasteiger partial charge in [0.05, 0.1) is 13.2 Å². The average molecular weight is 233 g/mol. The minimum Gasteiger partial charge on any atom is -0.497 e. The van der Waals surface area contributed by atoms with Crippen LogP contribution in [0.2, 0.25) is 0 Å². The molecule has 1 aromatic rings. The highest BCUT2D eigenvalue weighted by molar-refractivity contribution is 5.97. The number of hydrogen-bond acceptors (Lipinski definition) is 3. The van der Waals surface area contributed by atoms with Gasteiger partial charge in [-0.15, -0.1) is 0 Å². The molecule has 17 heavy (non-hydrogen) atoms. The highest BCUT2D eigenvalue weighted by Gasteiger charge is 2.32. The molecule has 5 nitrogen and oxygen atoms in total. The first kappa shape index (κ1) is 11.4. The molecule has 1 aromatic carbocycles. The van der Waals surface area contributed by atoms with Gasteiger partial charge < -0.3 is 10.5 Å². The lowest BCUT2D eigenvalue weighted by molar-refractivity contribution is 0.221. The van der Waals surface area contributed by atoms with E-state index in [4.69, 9.17) is 15.9 Å². The van der Waals surface area contributed by atoms with E-state index in [0.29, 0.717) is 12.3 Å². The molecule has 1 fully saturated rings. The topological polar surface area (TPSA) is 79.4 Å². The number of carbonyl (C=O) groups excluding carboxylic acids is 1. The molecule has 1 atom stereocenters. The molecule has 1 unspecified atom stereocenters. The van der Waals surface area contributed by atoms with Crippen LogP contribution in [0.15, 0.2) is 24.3 Å². The predicted molar refractivity (Wildman–Crippen MR) is 64.1 cm³/mol. The van der Waals surface area contributed by atoms with E-state index in [1.165, 1.54) is 4.90 Å². The van der Waals surface area contributed by atoms with Crippen LogP contribution >= 0.6 is 0 Å². The fraction of sp³-hybridized carbons (Fsp3) is 0.333. The van der Waals surface area contributed by atoms with Crippen LogP contribution in [-0.4, -0.2) is 23.9 Å². The predicted octanol–water partition coefficient (Wildman–Crippen LogP) is 1.89. The number of nitrogens with one attached hydrogen (secondary N) is 1. The van der Waals surface area contributed by atoms with Gasteiger partial charge in [-0.05, 0) is 24.1 Å². The van der Waals surface area contributed by atoms with Gasteiger partial charge in [-0.25, -0.2) is 4.79 Å². The first-order valence-electron chi connectivity index (χ1n) is 5.43. The van der Waals surface area contributed by atoms with E-state index in [0.717, 1.165) is 17.7 Å². The summed E-state index contributed by atoms with van der Waals surface area (Å²) in [4.78, 5) is 12.7. The molecule has 90 valence electrons. The number of methoxy groups -OCH3 is 1. The zero-order valence-electron chi connectivity index (χ0n) is 9.64. The lowest BCUT2D eigenvalue weighted by Gasteiger charge is -2.22. The fourth-order valence-electron chi connectivity index (χ4n) is 2.14. The van der Waals surface area contributed by atoms with Gasteiger partial charge in [-0.1, -0.05) is 12.1 Å². The Morgan fingerprint density at radius 3 is 2.65 bits per heavy atom. The number of nitrogens with zero attached hydrogens (tertiary/aromatic N) is 1. The van der Waals surface area contributed by atoms with Gasteiger partial charge >= 0.3 is 6.03 Å². The molecule has 2 amide bonds. The highest BCUT2D eigenvalue weighted by Crippen LogP contribution is 2.33. The van der Waals surface area contributed by atoms with Gasteiger partial charge in [-0.3, -0.25) is 10.3 Å². The molecule has 0 spiro atoms. The number of hydrogen-bond donors (Lipinski definition) is 2. The molecule has 1 saturated heterocycles. The maximum Gasteiger partial charge on any atom is 0.320 e. The standard InChI is InChI=1S/C12H15N3O2/c1-17-9-4-2-8(3-5-9)10-6-7-11(13)15(10)12(14)16/h2-5,10,13H,6-7H2,1H3,(H2,14,16). The molecule has 2 rings (SSSR count). The normalized spacial score (nSPS) is 19.5. The first-order chi connectivity index (χ1) is 8.13. The Kier molecular flexibility index (Phi) is 2.99. The summed E-state index contributed by atoms with van der Waals surface area (Å²) in [6.45, 7) is 0. The van der Waals surface area contributed by atoms with E-state index in [9.17, 15) is 4.79 Å². The second-order valence-electron chi connectivity index (χ2n) is 3.98. The van der Waals surface area contributed by atoms with E-state index >= 15 is 0 Å². The maximum atomic E-state index is 11.3. The summed E-state index contributed by atoms with van der Waals surface area (Å²) in [7, 11) is 1.61. The Bertz CT molecular complexity index is 442. The number of rotatable bonds is 2. The van der Waals surface area contributed by atoms with Crippen LogP contribution < -0.4 is 10.5 Å². The second-order valence-corrected chi connectivity index (χ2v) is 3.98. The molecule has 1 aliphatic heterocycles. The molecule has 0 aromatic heterocycles. The van der Waals surface area contributed by atoms with Gasteiger partial charge in [0.1, 0.15) is 11.6 Å². The molecule has 0 bridgehead atoms. The molecular formula is C12H15N3O2. The van der Waals surface area contributed by atoms with Gasteiger partial charge in [-0.2, -0.15) is 0 Å². The van der Waals surface area contributed by atoms with E-state index < -0.39 is 6.03 Å². The Hall–Kier alpha value is -2.04. The molecule has 0 radical (unpaired) electrons. The van der Waals surface area contributed by atoms with Crippen molar-refractivity contribution in [3.05, 3.63) is 29.8 Å². The molecule has 1 heterocycles. The lowest BCUT2D eigenvalue weighted by atomic mass is 10.0. The third kappa shape index (κ3) is 2.08. The minimum atomic E-state index is -0.562. The maximum absolute atomic E-state index is 11.3. The zero-order chi connectivity index (χ0) is 12.4.